The number of hydrogen-bond acceptors (Lipinski definition) is 2. The second-order valence-corrected chi connectivity index (χ2v) is 5.38. The first-order chi connectivity index (χ1) is 8.50. The average molecular weight is 243 g/mol. The van der Waals surface area contributed by atoms with Crippen LogP contribution in [0.1, 0.15) is 37.9 Å². The highest BCUT2D eigenvalue weighted by Crippen LogP contribution is 2.33. The summed E-state index contributed by atoms with van der Waals surface area (Å²) >= 11 is 0. The van der Waals surface area contributed by atoms with Gasteiger partial charge in [0.25, 0.3) is 0 Å². The van der Waals surface area contributed by atoms with E-state index in [-0.39, 0.29) is 12.0 Å². The summed E-state index contributed by atoms with van der Waals surface area (Å²) in [6.07, 6.45) is -0.352. The lowest BCUT2D eigenvalue weighted by Crippen LogP contribution is -2.20. The van der Waals surface area contributed by atoms with Crippen LogP contribution < -0.4 is 0 Å². The van der Waals surface area contributed by atoms with Crippen LogP contribution in [0.5, 0.6) is 0 Å². The first-order valence-electron chi connectivity index (χ1n) is 6.55. The van der Waals surface area contributed by atoms with Crippen molar-refractivity contribution in [1.29, 1.82) is 0 Å². The van der Waals surface area contributed by atoms with Crippen molar-refractivity contribution in [3.8, 4) is 0 Å². The number of benzene rings is 1. The molecule has 0 aliphatic carbocycles. The first kappa shape index (κ1) is 13.0. The van der Waals surface area contributed by atoms with Gasteiger partial charge in [-0.15, -0.1) is 0 Å². The molecule has 0 bridgehead atoms. The number of aryl methyl sites for hydroxylation is 1. The lowest BCUT2D eigenvalue weighted by atomic mass is 9.82. The van der Waals surface area contributed by atoms with Crippen LogP contribution in [0.3, 0.4) is 0 Å². The largest absolute Gasteiger partial charge is 0.393 e. The van der Waals surface area contributed by atoms with Crippen molar-refractivity contribution in [1.82, 2.24) is 4.98 Å². The number of nitrogens with zero attached hydrogens (tertiary/aromatic N) is 1. The third-order valence-electron chi connectivity index (χ3n) is 3.47. The Balaban J connectivity index is 2.68. The van der Waals surface area contributed by atoms with Gasteiger partial charge in [-0.25, -0.2) is 0 Å². The monoisotopic (exact) mass is 243 g/mol. The van der Waals surface area contributed by atoms with Crippen molar-refractivity contribution in [2.75, 3.05) is 0 Å². The van der Waals surface area contributed by atoms with Gasteiger partial charge in [-0.05, 0) is 37.5 Å². The predicted molar refractivity (Wildman–Crippen MR) is 75.7 cm³/mol. The van der Waals surface area contributed by atoms with Crippen molar-refractivity contribution in [3.63, 3.8) is 0 Å². The number of aliphatic hydroxyl groups excluding tert-OH is 1. The van der Waals surface area contributed by atoms with Crippen molar-refractivity contribution in [2.24, 2.45) is 5.92 Å². The topological polar surface area (TPSA) is 33.1 Å². The van der Waals surface area contributed by atoms with E-state index < -0.39 is 0 Å². The normalized spacial score (nSPS) is 15.0. The van der Waals surface area contributed by atoms with Gasteiger partial charge in [0.2, 0.25) is 0 Å². The van der Waals surface area contributed by atoms with Gasteiger partial charge >= 0.3 is 0 Å². The van der Waals surface area contributed by atoms with Crippen LogP contribution in [0.25, 0.3) is 10.9 Å². The number of rotatable bonds is 3. The summed E-state index contributed by atoms with van der Waals surface area (Å²) in [4.78, 5) is 4.56. The summed E-state index contributed by atoms with van der Waals surface area (Å²) in [5.41, 5.74) is 3.23. The van der Waals surface area contributed by atoms with E-state index in [1.807, 2.05) is 32.0 Å². The fourth-order valence-electron chi connectivity index (χ4n) is 2.79. The molecule has 2 unspecified atom stereocenters. The molecule has 2 aromatic rings. The van der Waals surface area contributed by atoms with E-state index in [2.05, 4.69) is 31.0 Å². The minimum atomic E-state index is -0.352. The standard InChI is InChI=1S/C16H21NO/c1-10(2)16(12(4)18)14-9-11(3)17-15-8-6-5-7-13(14)15/h5-10,12,16,18H,1-4H3. The molecule has 2 heteroatoms. The summed E-state index contributed by atoms with van der Waals surface area (Å²) in [6.45, 7) is 8.19. The van der Waals surface area contributed by atoms with E-state index in [4.69, 9.17) is 0 Å². The molecule has 1 aromatic carbocycles. The smallest absolute Gasteiger partial charge is 0.0708 e. The van der Waals surface area contributed by atoms with Crippen LogP contribution >= 0.6 is 0 Å². The molecule has 0 saturated heterocycles. The predicted octanol–water partition coefficient (Wildman–Crippen LogP) is 3.66. The molecular weight excluding hydrogens is 222 g/mol. The zero-order chi connectivity index (χ0) is 13.3. The maximum atomic E-state index is 10.1. The number of hydrogen-bond donors (Lipinski definition) is 1. The summed E-state index contributed by atoms with van der Waals surface area (Å²) in [5, 5.41) is 11.2. The SMILES string of the molecule is Cc1cc(C(C(C)C)C(C)O)c2ccccc2n1. The second kappa shape index (κ2) is 5.07. The Labute approximate surface area is 109 Å². The molecule has 0 amide bonds. The highest BCUT2D eigenvalue weighted by Gasteiger charge is 2.23. The van der Waals surface area contributed by atoms with Gasteiger partial charge in [-0.2, -0.15) is 0 Å². The minimum Gasteiger partial charge on any atom is -0.393 e. The van der Waals surface area contributed by atoms with E-state index in [0.717, 1.165) is 16.6 Å². The molecule has 2 rings (SSSR count). The Hall–Kier alpha value is -1.41. The van der Waals surface area contributed by atoms with E-state index >= 15 is 0 Å². The average Bonchev–Trinajstić information content (AvgIpc) is 2.27. The molecule has 0 spiro atoms. The molecule has 18 heavy (non-hydrogen) atoms. The summed E-state index contributed by atoms with van der Waals surface area (Å²) in [5.74, 6) is 0.548. The summed E-state index contributed by atoms with van der Waals surface area (Å²) in [6, 6.07) is 10.3. The van der Waals surface area contributed by atoms with Gasteiger partial charge in [-0.3, -0.25) is 4.98 Å². The molecule has 0 aliphatic heterocycles. The molecule has 2 nitrogen and oxygen atoms in total. The van der Waals surface area contributed by atoms with Crippen LogP contribution in [0.2, 0.25) is 0 Å². The molecule has 1 heterocycles. The van der Waals surface area contributed by atoms with Crippen molar-refractivity contribution >= 4 is 10.9 Å². The third kappa shape index (κ3) is 2.39. The van der Waals surface area contributed by atoms with Crippen LogP contribution in [0, 0.1) is 12.8 Å². The fraction of sp³-hybridized carbons (Fsp3) is 0.438. The quantitative estimate of drug-likeness (QED) is 0.892. The number of para-hydroxylation sites is 1. The molecule has 0 radical (unpaired) electrons. The lowest BCUT2D eigenvalue weighted by molar-refractivity contribution is 0.141. The van der Waals surface area contributed by atoms with Crippen molar-refractivity contribution < 1.29 is 5.11 Å². The number of aliphatic hydroxyl groups is 1. The summed E-state index contributed by atoms with van der Waals surface area (Å²) < 4.78 is 0. The molecule has 96 valence electrons. The van der Waals surface area contributed by atoms with Crippen LogP contribution in [-0.4, -0.2) is 16.2 Å². The van der Waals surface area contributed by atoms with Gasteiger partial charge in [0.1, 0.15) is 0 Å². The molecule has 0 saturated carbocycles. The van der Waals surface area contributed by atoms with Crippen molar-refractivity contribution in [3.05, 3.63) is 41.6 Å². The van der Waals surface area contributed by atoms with Gasteiger partial charge in [0.15, 0.2) is 0 Å². The zero-order valence-corrected chi connectivity index (χ0v) is 11.5. The lowest BCUT2D eigenvalue weighted by Gasteiger charge is -2.26. The van der Waals surface area contributed by atoms with Crippen molar-refractivity contribution in [2.45, 2.75) is 39.7 Å². The molecule has 0 aliphatic rings. The Kier molecular flexibility index (Phi) is 3.67. The third-order valence-corrected chi connectivity index (χ3v) is 3.47. The van der Waals surface area contributed by atoms with Gasteiger partial charge < -0.3 is 5.11 Å². The Morgan fingerprint density at radius 3 is 2.39 bits per heavy atom. The molecular formula is C16H21NO. The van der Waals surface area contributed by atoms with E-state index in [9.17, 15) is 5.11 Å². The van der Waals surface area contributed by atoms with E-state index in [1.165, 1.54) is 5.56 Å². The van der Waals surface area contributed by atoms with Crippen LogP contribution in [0.4, 0.5) is 0 Å². The Bertz CT molecular complexity index is 538. The maximum Gasteiger partial charge on any atom is 0.0708 e. The van der Waals surface area contributed by atoms with Gasteiger partial charge in [0, 0.05) is 17.0 Å². The maximum absolute atomic E-state index is 10.1. The highest BCUT2D eigenvalue weighted by molar-refractivity contribution is 5.83. The van der Waals surface area contributed by atoms with E-state index in [1.54, 1.807) is 0 Å². The van der Waals surface area contributed by atoms with Gasteiger partial charge in [-0.1, -0.05) is 32.0 Å². The zero-order valence-electron chi connectivity index (χ0n) is 11.5. The summed E-state index contributed by atoms with van der Waals surface area (Å²) in [7, 11) is 0. The van der Waals surface area contributed by atoms with Crippen LogP contribution in [-0.2, 0) is 0 Å². The Morgan fingerprint density at radius 2 is 1.78 bits per heavy atom. The second-order valence-electron chi connectivity index (χ2n) is 5.38. The Morgan fingerprint density at radius 1 is 1.11 bits per heavy atom. The number of fused-ring (bicyclic) bond motifs is 1. The number of pyridine rings is 1. The minimum absolute atomic E-state index is 0.150. The van der Waals surface area contributed by atoms with E-state index in [0.29, 0.717) is 5.92 Å². The van der Waals surface area contributed by atoms with Crippen LogP contribution in [0.15, 0.2) is 30.3 Å². The fourth-order valence-corrected chi connectivity index (χ4v) is 2.79. The molecule has 1 N–H and O–H groups in total. The molecule has 2 atom stereocenters. The molecule has 0 fully saturated rings. The highest BCUT2D eigenvalue weighted by atomic mass is 16.3. The molecule has 1 aromatic heterocycles. The van der Waals surface area contributed by atoms with Gasteiger partial charge in [0.05, 0.1) is 11.6 Å². The number of aromatic nitrogens is 1. The first-order valence-corrected chi connectivity index (χ1v) is 6.55.